The fourth-order valence-electron chi connectivity index (χ4n) is 1.89. The molecule has 5 heteroatoms. The zero-order valence-corrected chi connectivity index (χ0v) is 12.8. The molecule has 22 heavy (non-hydrogen) atoms. The van der Waals surface area contributed by atoms with Crippen LogP contribution in [0.2, 0.25) is 0 Å². The van der Waals surface area contributed by atoms with E-state index in [0.717, 1.165) is 6.42 Å². The summed E-state index contributed by atoms with van der Waals surface area (Å²) in [7, 11) is 0. The summed E-state index contributed by atoms with van der Waals surface area (Å²) in [6.45, 7) is 4.40. The maximum absolute atomic E-state index is 11.9. The number of amides is 1. The molecule has 116 valence electrons. The van der Waals surface area contributed by atoms with Crippen LogP contribution in [-0.4, -0.2) is 24.1 Å². The molecule has 1 N–H and O–H groups in total. The highest BCUT2D eigenvalue weighted by Gasteiger charge is 2.09. The van der Waals surface area contributed by atoms with Crippen molar-refractivity contribution in [1.82, 2.24) is 4.98 Å². The maximum Gasteiger partial charge on any atom is 0.263 e. The number of benzene rings is 1. The first-order chi connectivity index (χ1) is 10.7. The van der Waals surface area contributed by atoms with E-state index >= 15 is 0 Å². The van der Waals surface area contributed by atoms with Crippen molar-refractivity contribution in [2.24, 2.45) is 0 Å². The van der Waals surface area contributed by atoms with E-state index in [9.17, 15) is 4.79 Å². The second-order valence-electron chi connectivity index (χ2n) is 4.62. The van der Waals surface area contributed by atoms with Gasteiger partial charge in [-0.25, -0.2) is 4.98 Å². The Hall–Kier alpha value is -2.56. The summed E-state index contributed by atoms with van der Waals surface area (Å²) in [6, 6.07) is 11.2. The van der Waals surface area contributed by atoms with Crippen molar-refractivity contribution in [1.29, 1.82) is 0 Å². The molecule has 1 amide bonds. The molecule has 0 atom stereocenters. The Morgan fingerprint density at radius 1 is 1.14 bits per heavy atom. The highest BCUT2D eigenvalue weighted by molar-refractivity contribution is 5.92. The van der Waals surface area contributed by atoms with Crippen LogP contribution in [0.4, 0.5) is 5.82 Å². The van der Waals surface area contributed by atoms with Crippen LogP contribution in [0.3, 0.4) is 0 Å². The Morgan fingerprint density at radius 2 is 1.91 bits per heavy atom. The minimum Gasteiger partial charge on any atom is -0.490 e. The lowest BCUT2D eigenvalue weighted by atomic mass is 10.2. The monoisotopic (exact) mass is 300 g/mol. The Morgan fingerprint density at radius 3 is 2.59 bits per heavy atom. The number of nitrogens with zero attached hydrogens (tertiary/aromatic N) is 1. The van der Waals surface area contributed by atoms with E-state index in [-0.39, 0.29) is 12.5 Å². The lowest BCUT2D eigenvalue weighted by Gasteiger charge is -2.10. The maximum atomic E-state index is 11.9. The average molecular weight is 300 g/mol. The topological polar surface area (TPSA) is 60.5 Å². The summed E-state index contributed by atoms with van der Waals surface area (Å²) in [5, 5.41) is 2.69. The highest BCUT2D eigenvalue weighted by atomic mass is 16.5. The molecule has 2 aromatic rings. The molecule has 1 aromatic carbocycles. The lowest BCUT2D eigenvalue weighted by Crippen LogP contribution is -2.21. The summed E-state index contributed by atoms with van der Waals surface area (Å²) >= 11 is 0. The average Bonchev–Trinajstić information content (AvgIpc) is 2.55. The van der Waals surface area contributed by atoms with Crippen LogP contribution < -0.4 is 14.8 Å². The predicted molar refractivity (Wildman–Crippen MR) is 85.4 cm³/mol. The molecule has 0 fully saturated rings. The summed E-state index contributed by atoms with van der Waals surface area (Å²) in [4.78, 5) is 16.0. The van der Waals surface area contributed by atoms with Gasteiger partial charge in [0.25, 0.3) is 5.91 Å². The quantitative estimate of drug-likeness (QED) is 0.853. The molecule has 1 heterocycles. The van der Waals surface area contributed by atoms with Gasteiger partial charge in [-0.05, 0) is 43.2 Å². The first-order valence-corrected chi connectivity index (χ1v) is 7.32. The van der Waals surface area contributed by atoms with E-state index in [1.807, 2.05) is 31.2 Å². The van der Waals surface area contributed by atoms with Gasteiger partial charge >= 0.3 is 0 Å². The zero-order chi connectivity index (χ0) is 15.8. The summed E-state index contributed by atoms with van der Waals surface area (Å²) in [5.41, 5.74) is 1.23. The molecule has 0 spiro atoms. The van der Waals surface area contributed by atoms with Gasteiger partial charge in [0.2, 0.25) is 0 Å². The van der Waals surface area contributed by atoms with Crippen molar-refractivity contribution >= 4 is 11.7 Å². The van der Waals surface area contributed by atoms with Crippen molar-refractivity contribution in [2.75, 3.05) is 18.5 Å². The standard InChI is InChI=1S/C17H20N2O3/c1-3-13-7-9-14(10-8-13)22-12-16(20)19-17-15(21-4-2)6-5-11-18-17/h5-11H,3-4,12H2,1-2H3,(H,18,19,20). The molecule has 0 aliphatic rings. The molecule has 0 saturated heterocycles. The van der Waals surface area contributed by atoms with Crippen LogP contribution in [0.25, 0.3) is 0 Å². The van der Waals surface area contributed by atoms with Crippen LogP contribution in [0.1, 0.15) is 19.4 Å². The third kappa shape index (κ3) is 4.48. The summed E-state index contributed by atoms with van der Waals surface area (Å²) < 4.78 is 10.9. The third-order valence-electron chi connectivity index (χ3n) is 3.03. The van der Waals surface area contributed by atoms with Crippen LogP contribution in [-0.2, 0) is 11.2 Å². The number of rotatable bonds is 7. The molecule has 0 saturated carbocycles. The van der Waals surface area contributed by atoms with Crippen molar-refractivity contribution in [3.63, 3.8) is 0 Å². The number of hydrogen-bond acceptors (Lipinski definition) is 4. The molecule has 0 unspecified atom stereocenters. The van der Waals surface area contributed by atoms with Gasteiger partial charge < -0.3 is 14.8 Å². The number of carbonyl (C=O) groups excluding carboxylic acids is 1. The fourth-order valence-corrected chi connectivity index (χ4v) is 1.89. The minimum atomic E-state index is -0.278. The molecule has 0 aliphatic carbocycles. The van der Waals surface area contributed by atoms with E-state index in [1.54, 1.807) is 18.3 Å². The zero-order valence-electron chi connectivity index (χ0n) is 12.8. The van der Waals surface area contributed by atoms with Crippen LogP contribution >= 0.6 is 0 Å². The van der Waals surface area contributed by atoms with Crippen molar-refractivity contribution in [3.8, 4) is 11.5 Å². The molecular formula is C17H20N2O3. The van der Waals surface area contributed by atoms with Crippen LogP contribution in [0, 0.1) is 0 Å². The predicted octanol–water partition coefficient (Wildman–Crippen LogP) is 3.06. The Labute approximate surface area is 130 Å². The second kappa shape index (κ2) is 8.02. The van der Waals surface area contributed by atoms with Crippen molar-refractivity contribution < 1.29 is 14.3 Å². The van der Waals surface area contributed by atoms with Gasteiger partial charge in [0.15, 0.2) is 18.2 Å². The first-order valence-electron chi connectivity index (χ1n) is 7.32. The second-order valence-corrected chi connectivity index (χ2v) is 4.62. The van der Waals surface area contributed by atoms with E-state index in [2.05, 4.69) is 17.2 Å². The molecule has 2 rings (SSSR count). The smallest absolute Gasteiger partial charge is 0.263 e. The third-order valence-corrected chi connectivity index (χ3v) is 3.03. The molecule has 0 bridgehead atoms. The van der Waals surface area contributed by atoms with E-state index in [0.29, 0.717) is 23.9 Å². The van der Waals surface area contributed by atoms with E-state index in [1.165, 1.54) is 5.56 Å². The van der Waals surface area contributed by atoms with Gasteiger partial charge in [-0.2, -0.15) is 0 Å². The Balaban J connectivity index is 1.90. The summed E-state index contributed by atoms with van der Waals surface area (Å²) in [5.74, 6) is 1.34. The Bertz CT molecular complexity index is 612. The number of hydrogen-bond donors (Lipinski definition) is 1. The number of aromatic nitrogens is 1. The molecule has 5 nitrogen and oxygen atoms in total. The normalized spacial score (nSPS) is 10.1. The summed E-state index contributed by atoms with van der Waals surface area (Å²) in [6.07, 6.45) is 2.57. The van der Waals surface area contributed by atoms with Gasteiger partial charge in [0.05, 0.1) is 6.61 Å². The van der Waals surface area contributed by atoms with Crippen molar-refractivity contribution in [3.05, 3.63) is 48.2 Å². The Kier molecular flexibility index (Phi) is 5.77. The fraction of sp³-hybridized carbons (Fsp3) is 0.294. The van der Waals surface area contributed by atoms with E-state index in [4.69, 9.17) is 9.47 Å². The van der Waals surface area contributed by atoms with Crippen LogP contribution in [0.15, 0.2) is 42.6 Å². The number of anilines is 1. The molecule has 0 radical (unpaired) electrons. The van der Waals surface area contributed by atoms with E-state index < -0.39 is 0 Å². The number of pyridine rings is 1. The van der Waals surface area contributed by atoms with Crippen molar-refractivity contribution in [2.45, 2.75) is 20.3 Å². The minimum absolute atomic E-state index is 0.0758. The number of nitrogens with one attached hydrogen (secondary N) is 1. The molecular weight excluding hydrogens is 280 g/mol. The van der Waals surface area contributed by atoms with Gasteiger partial charge in [-0.15, -0.1) is 0 Å². The molecule has 1 aromatic heterocycles. The molecule has 0 aliphatic heterocycles. The van der Waals surface area contributed by atoms with Gasteiger partial charge in [0.1, 0.15) is 5.75 Å². The van der Waals surface area contributed by atoms with Gasteiger partial charge in [-0.1, -0.05) is 19.1 Å². The largest absolute Gasteiger partial charge is 0.490 e. The number of carbonyl (C=O) groups is 1. The van der Waals surface area contributed by atoms with Crippen LogP contribution in [0.5, 0.6) is 11.5 Å². The number of ether oxygens (including phenoxy) is 2. The highest BCUT2D eigenvalue weighted by Crippen LogP contribution is 2.20. The number of aryl methyl sites for hydroxylation is 1. The van der Waals surface area contributed by atoms with Gasteiger partial charge in [-0.3, -0.25) is 4.79 Å². The SMILES string of the molecule is CCOc1cccnc1NC(=O)COc1ccc(CC)cc1. The first kappa shape index (κ1) is 15.8. The van der Waals surface area contributed by atoms with Gasteiger partial charge in [0, 0.05) is 6.20 Å². The lowest BCUT2D eigenvalue weighted by molar-refractivity contribution is -0.118.